The molecule has 0 aromatic rings. The third kappa shape index (κ3) is 6.10. The maximum Gasteiger partial charge on any atom is 0.168 e. The van der Waals surface area contributed by atoms with Crippen LogP contribution in [0.1, 0.15) is 20.8 Å². The van der Waals surface area contributed by atoms with E-state index in [1.165, 1.54) is 11.7 Å². The maximum atomic E-state index is 10.7. The van der Waals surface area contributed by atoms with E-state index in [1.807, 2.05) is 6.92 Å². The summed E-state index contributed by atoms with van der Waals surface area (Å²) in [4.78, 5) is 0. The third-order valence-corrected chi connectivity index (χ3v) is 2.33. The lowest BCUT2D eigenvalue weighted by Gasteiger charge is -2.08. The van der Waals surface area contributed by atoms with Crippen LogP contribution in [0.5, 0.6) is 0 Å². The Morgan fingerprint density at radius 2 is 1.64 bits per heavy atom. The summed E-state index contributed by atoms with van der Waals surface area (Å²) in [6.45, 7) is 6.14. The Morgan fingerprint density at radius 3 is 1.91 bits per heavy atom. The second-order valence-electron chi connectivity index (χ2n) is 3.26. The average Bonchev–Trinajstić information content (AvgIpc) is 1.80. The summed E-state index contributed by atoms with van der Waals surface area (Å²) in [5, 5.41) is 1.28. The van der Waals surface area contributed by atoms with Crippen molar-refractivity contribution in [1.29, 1.82) is 0 Å². The topological polar surface area (TPSA) is 34.1 Å². The summed E-state index contributed by atoms with van der Waals surface area (Å²) in [6.07, 6.45) is 2.94. The standard InChI is InChI=1S/C8H16O2S/c1-7(2)8(3)5-6-11(4,9)10/h5-8H,1-4H3/b6-5-/t8-/m0/s1. The molecule has 0 N–H and O–H groups in total. The number of rotatable bonds is 3. The molecule has 0 spiro atoms. The molecule has 11 heavy (non-hydrogen) atoms. The lowest BCUT2D eigenvalue weighted by Crippen LogP contribution is -2.00. The van der Waals surface area contributed by atoms with E-state index in [4.69, 9.17) is 0 Å². The molecule has 0 saturated carbocycles. The largest absolute Gasteiger partial charge is 0.225 e. The van der Waals surface area contributed by atoms with Crippen LogP contribution in [0.25, 0.3) is 0 Å². The predicted molar refractivity (Wildman–Crippen MR) is 48.0 cm³/mol. The molecule has 0 saturated heterocycles. The van der Waals surface area contributed by atoms with Crippen LogP contribution in [0.3, 0.4) is 0 Å². The molecule has 1 atom stereocenters. The molecule has 3 heteroatoms. The number of sulfone groups is 1. The molecule has 0 heterocycles. The van der Waals surface area contributed by atoms with Crippen LogP contribution in [-0.4, -0.2) is 14.7 Å². The van der Waals surface area contributed by atoms with Gasteiger partial charge in [-0.1, -0.05) is 26.8 Å². The minimum Gasteiger partial charge on any atom is -0.225 e. The maximum absolute atomic E-state index is 10.7. The normalized spacial score (nSPS) is 16.1. The Kier molecular flexibility index (Phi) is 3.79. The summed E-state index contributed by atoms with van der Waals surface area (Å²) in [7, 11) is -2.93. The molecule has 0 rings (SSSR count). The van der Waals surface area contributed by atoms with Crippen LogP contribution in [0.15, 0.2) is 11.5 Å². The van der Waals surface area contributed by atoms with Crippen LogP contribution < -0.4 is 0 Å². The molecule has 0 unspecified atom stereocenters. The Labute approximate surface area is 69.2 Å². The van der Waals surface area contributed by atoms with Gasteiger partial charge in [-0.15, -0.1) is 0 Å². The van der Waals surface area contributed by atoms with E-state index in [1.54, 1.807) is 6.08 Å². The van der Waals surface area contributed by atoms with Crippen molar-refractivity contribution in [3.05, 3.63) is 11.5 Å². The molecular formula is C8H16O2S. The first kappa shape index (κ1) is 10.7. The number of allylic oxidation sites excluding steroid dienone is 1. The van der Waals surface area contributed by atoms with Gasteiger partial charge >= 0.3 is 0 Å². The lowest BCUT2D eigenvalue weighted by atomic mass is 9.99. The van der Waals surface area contributed by atoms with Gasteiger partial charge in [0, 0.05) is 11.7 Å². The molecule has 0 bridgehead atoms. The summed E-state index contributed by atoms with van der Waals surface area (Å²) in [5.74, 6) is 0.817. The van der Waals surface area contributed by atoms with Gasteiger partial charge in [0.2, 0.25) is 0 Å². The number of hydrogen-bond acceptors (Lipinski definition) is 2. The molecule has 0 amide bonds. The highest BCUT2D eigenvalue weighted by molar-refractivity contribution is 7.93. The van der Waals surface area contributed by atoms with Crippen molar-refractivity contribution in [2.45, 2.75) is 20.8 Å². The highest BCUT2D eigenvalue weighted by Crippen LogP contribution is 2.11. The van der Waals surface area contributed by atoms with Gasteiger partial charge in [-0.05, 0) is 11.8 Å². The molecule has 0 fully saturated rings. The van der Waals surface area contributed by atoms with Crippen molar-refractivity contribution < 1.29 is 8.42 Å². The van der Waals surface area contributed by atoms with Crippen molar-refractivity contribution in [3.8, 4) is 0 Å². The van der Waals surface area contributed by atoms with Gasteiger partial charge < -0.3 is 0 Å². The number of hydrogen-bond donors (Lipinski definition) is 0. The Balaban J connectivity index is 4.15. The van der Waals surface area contributed by atoms with Crippen LogP contribution >= 0.6 is 0 Å². The molecule has 0 radical (unpaired) electrons. The van der Waals surface area contributed by atoms with Gasteiger partial charge in [0.25, 0.3) is 0 Å². The molecule has 0 aliphatic carbocycles. The van der Waals surface area contributed by atoms with Gasteiger partial charge in [-0.25, -0.2) is 8.42 Å². The Hall–Kier alpha value is -0.310. The first-order valence-corrected chi connectivity index (χ1v) is 5.66. The summed E-state index contributed by atoms with van der Waals surface area (Å²) < 4.78 is 21.3. The fourth-order valence-electron chi connectivity index (χ4n) is 0.489. The zero-order valence-electron chi connectivity index (χ0n) is 7.53. The van der Waals surface area contributed by atoms with E-state index < -0.39 is 9.84 Å². The average molecular weight is 176 g/mol. The van der Waals surface area contributed by atoms with Gasteiger partial charge in [-0.2, -0.15) is 0 Å². The monoisotopic (exact) mass is 176 g/mol. The van der Waals surface area contributed by atoms with E-state index in [-0.39, 0.29) is 0 Å². The molecule has 0 aromatic heterocycles. The van der Waals surface area contributed by atoms with Crippen molar-refractivity contribution in [2.24, 2.45) is 11.8 Å². The summed E-state index contributed by atoms with van der Waals surface area (Å²) in [5.41, 5.74) is 0. The fraction of sp³-hybridized carbons (Fsp3) is 0.750. The quantitative estimate of drug-likeness (QED) is 0.657. The van der Waals surface area contributed by atoms with E-state index in [0.29, 0.717) is 11.8 Å². The SMILES string of the molecule is CC(C)[C@@H](C)/C=C\S(C)(=O)=O. The first-order chi connectivity index (χ1) is 4.83. The minimum absolute atomic E-state index is 0.324. The molecule has 66 valence electrons. The van der Waals surface area contributed by atoms with Crippen molar-refractivity contribution in [2.75, 3.05) is 6.26 Å². The van der Waals surface area contributed by atoms with Gasteiger partial charge in [-0.3, -0.25) is 0 Å². The summed E-state index contributed by atoms with van der Waals surface area (Å²) in [6, 6.07) is 0. The Bertz CT molecular complexity index is 224. The molecule has 0 aliphatic heterocycles. The zero-order valence-corrected chi connectivity index (χ0v) is 8.35. The van der Waals surface area contributed by atoms with E-state index in [2.05, 4.69) is 13.8 Å². The fourth-order valence-corrected chi connectivity index (χ4v) is 1.02. The van der Waals surface area contributed by atoms with Crippen LogP contribution in [0.2, 0.25) is 0 Å². The van der Waals surface area contributed by atoms with Crippen LogP contribution in [0, 0.1) is 11.8 Å². The van der Waals surface area contributed by atoms with Gasteiger partial charge in [0.15, 0.2) is 9.84 Å². The van der Waals surface area contributed by atoms with Crippen molar-refractivity contribution >= 4 is 9.84 Å². The molecule has 0 aromatic carbocycles. The molecular weight excluding hydrogens is 160 g/mol. The highest BCUT2D eigenvalue weighted by Gasteiger charge is 2.03. The molecule has 0 aliphatic rings. The highest BCUT2D eigenvalue weighted by atomic mass is 32.2. The van der Waals surface area contributed by atoms with Crippen LogP contribution in [-0.2, 0) is 9.84 Å². The van der Waals surface area contributed by atoms with Crippen molar-refractivity contribution in [1.82, 2.24) is 0 Å². The van der Waals surface area contributed by atoms with Crippen molar-refractivity contribution in [3.63, 3.8) is 0 Å². The second kappa shape index (κ2) is 3.90. The summed E-state index contributed by atoms with van der Waals surface area (Å²) >= 11 is 0. The van der Waals surface area contributed by atoms with E-state index >= 15 is 0 Å². The first-order valence-electron chi connectivity index (χ1n) is 3.71. The van der Waals surface area contributed by atoms with E-state index in [9.17, 15) is 8.42 Å². The smallest absolute Gasteiger partial charge is 0.168 e. The minimum atomic E-state index is -2.93. The van der Waals surface area contributed by atoms with Gasteiger partial charge in [0.1, 0.15) is 0 Å². The second-order valence-corrected chi connectivity index (χ2v) is 5.19. The predicted octanol–water partition coefficient (Wildman–Crippen LogP) is 1.84. The van der Waals surface area contributed by atoms with Crippen LogP contribution in [0.4, 0.5) is 0 Å². The zero-order chi connectivity index (χ0) is 9.07. The third-order valence-electron chi connectivity index (χ3n) is 1.68. The Morgan fingerprint density at radius 1 is 1.18 bits per heavy atom. The molecule has 2 nitrogen and oxygen atoms in total. The van der Waals surface area contributed by atoms with E-state index in [0.717, 1.165) is 0 Å². The lowest BCUT2D eigenvalue weighted by molar-refractivity contribution is 0.504. The van der Waals surface area contributed by atoms with Gasteiger partial charge in [0.05, 0.1) is 0 Å².